The van der Waals surface area contributed by atoms with Gasteiger partial charge >= 0.3 is 23.5 Å². The van der Waals surface area contributed by atoms with E-state index >= 15 is 0 Å². The van der Waals surface area contributed by atoms with Crippen molar-refractivity contribution in [3.63, 3.8) is 0 Å². The van der Waals surface area contributed by atoms with Gasteiger partial charge in [-0.3, -0.25) is 32.5 Å². The summed E-state index contributed by atoms with van der Waals surface area (Å²) in [6, 6.07) is 0. The Hall–Kier alpha value is -2.44. The third-order valence-electron chi connectivity index (χ3n) is 8.75. The third-order valence-corrected chi connectivity index (χ3v) is 12.1. The number of aliphatic hydroxyl groups excluding tert-OH is 2. The largest absolute Gasteiger partial charge is 0.481 e. The summed E-state index contributed by atoms with van der Waals surface area (Å²) in [6.45, 7) is 2.80. The second kappa shape index (κ2) is 23.1. The number of thiol groups is 1. The van der Waals surface area contributed by atoms with E-state index in [0.29, 0.717) is 18.7 Å². The molecule has 2 unspecified atom stereocenters. The zero-order valence-corrected chi connectivity index (χ0v) is 36.3. The van der Waals surface area contributed by atoms with Gasteiger partial charge in [0, 0.05) is 37.1 Å². The van der Waals surface area contributed by atoms with Gasteiger partial charge in [-0.25, -0.2) is 28.6 Å². The zero-order valence-electron chi connectivity index (χ0n) is 32.7. The molecule has 1 aliphatic heterocycles. The number of nitrogens with one attached hydrogen (secondary N) is 3. The van der Waals surface area contributed by atoms with Gasteiger partial charge in [-0.1, -0.05) is 59.3 Å². The van der Waals surface area contributed by atoms with Crippen LogP contribution in [0.15, 0.2) is 12.7 Å². The molecule has 0 radical (unpaired) electrons. The number of phosphoric ester groups is 3. The summed E-state index contributed by atoms with van der Waals surface area (Å²) < 4.78 is 62.7. The van der Waals surface area contributed by atoms with Crippen LogP contribution in [0.25, 0.3) is 11.2 Å². The number of aliphatic hydroxyl groups is 2. The van der Waals surface area contributed by atoms with Gasteiger partial charge < -0.3 is 50.5 Å². The summed E-state index contributed by atoms with van der Waals surface area (Å²) in [7, 11) is -16.5. The quantitative estimate of drug-likeness (QED) is 0.0347. The van der Waals surface area contributed by atoms with E-state index in [2.05, 4.69) is 54.8 Å². The van der Waals surface area contributed by atoms with Crippen molar-refractivity contribution in [2.75, 3.05) is 37.4 Å². The molecule has 336 valence electrons. The maximum atomic E-state index is 12.8. The van der Waals surface area contributed by atoms with Crippen LogP contribution in [0.3, 0.4) is 0 Å². The van der Waals surface area contributed by atoms with E-state index in [1.54, 1.807) is 0 Å². The molecule has 59 heavy (non-hydrogen) atoms. The van der Waals surface area contributed by atoms with Crippen molar-refractivity contribution < 1.29 is 80.5 Å². The summed E-state index contributed by atoms with van der Waals surface area (Å²) >= 11 is 3.96. The Kier molecular flexibility index (Phi) is 20.0. The first kappa shape index (κ1) is 50.9. The van der Waals surface area contributed by atoms with Gasteiger partial charge in [0.1, 0.15) is 30.7 Å². The van der Waals surface area contributed by atoms with Crippen molar-refractivity contribution >= 4 is 70.8 Å². The van der Waals surface area contributed by atoms with Crippen LogP contribution in [-0.2, 0) is 50.7 Å². The van der Waals surface area contributed by atoms with Gasteiger partial charge in [0.15, 0.2) is 23.2 Å². The summed E-state index contributed by atoms with van der Waals surface area (Å²) in [5.74, 6) is -1.21. The predicted molar refractivity (Wildman–Crippen MR) is 210 cm³/mol. The molecule has 0 bridgehead atoms. The minimum atomic E-state index is -5.59. The highest BCUT2D eigenvalue weighted by atomic mass is 32.1. The van der Waals surface area contributed by atoms with E-state index in [-0.39, 0.29) is 48.2 Å². The van der Waals surface area contributed by atoms with Crippen molar-refractivity contribution in [2.45, 2.75) is 109 Å². The average molecular weight is 922 g/mol. The lowest BCUT2D eigenvalue weighted by atomic mass is 9.87. The van der Waals surface area contributed by atoms with Crippen LogP contribution in [0, 0.1) is 5.41 Å². The molecule has 28 heteroatoms. The fraction of sp³-hybridized carbons (Fsp3) is 0.742. The van der Waals surface area contributed by atoms with Crippen LogP contribution in [0.5, 0.6) is 0 Å². The molecule has 24 nitrogen and oxygen atoms in total. The first-order valence-electron chi connectivity index (χ1n) is 18.6. The number of imidazole rings is 1. The Morgan fingerprint density at radius 1 is 0.932 bits per heavy atom. The highest BCUT2D eigenvalue weighted by Gasteiger charge is 2.50. The van der Waals surface area contributed by atoms with Gasteiger partial charge in [-0.05, 0) is 6.42 Å². The summed E-state index contributed by atoms with van der Waals surface area (Å²) in [6.07, 6.45) is 0.351. The number of unbranched alkanes of at least 4 members (excludes halogenated alkanes) is 6. The highest BCUT2D eigenvalue weighted by molar-refractivity contribution is 7.80. The van der Waals surface area contributed by atoms with E-state index in [0.717, 1.165) is 49.3 Å². The molecule has 1 saturated heterocycles. The van der Waals surface area contributed by atoms with Crippen molar-refractivity contribution in [2.24, 2.45) is 5.41 Å². The van der Waals surface area contributed by atoms with Crippen LogP contribution >= 0.6 is 36.1 Å². The smallest absolute Gasteiger partial charge is 0.386 e. The molecule has 9 N–H and O–H groups in total. The molecule has 0 spiro atoms. The van der Waals surface area contributed by atoms with Gasteiger partial charge in [0.2, 0.25) is 17.7 Å². The molecule has 3 heterocycles. The minimum Gasteiger partial charge on any atom is -0.386 e. The maximum Gasteiger partial charge on any atom is 0.481 e. The number of ether oxygens (including phenoxy) is 1. The number of aromatic nitrogens is 4. The topological polar surface area (TPSA) is 350 Å². The Morgan fingerprint density at radius 2 is 1.59 bits per heavy atom. The molecule has 0 aliphatic carbocycles. The number of carbonyl (C=O) groups excluding carboxylic acids is 3. The van der Waals surface area contributed by atoms with E-state index < -0.39 is 78.6 Å². The number of anilines is 1. The minimum absolute atomic E-state index is 0.000795. The van der Waals surface area contributed by atoms with Crippen LogP contribution in [0.2, 0.25) is 0 Å². The molecule has 3 amide bonds. The Bertz CT molecular complexity index is 1850. The molecular weight excluding hydrogens is 867 g/mol. The molecular formula is C31H54N7O17P3S. The van der Waals surface area contributed by atoms with Crippen LogP contribution in [0.4, 0.5) is 5.82 Å². The van der Waals surface area contributed by atoms with Crippen molar-refractivity contribution in [1.29, 1.82) is 0 Å². The fourth-order valence-electron chi connectivity index (χ4n) is 5.65. The third kappa shape index (κ3) is 16.7. The van der Waals surface area contributed by atoms with E-state index in [4.69, 9.17) is 18.3 Å². The molecule has 2 aromatic heterocycles. The number of nitrogens with zero attached hydrogens (tertiary/aromatic N) is 4. The van der Waals surface area contributed by atoms with Crippen LogP contribution in [-0.4, -0.2) is 123 Å². The number of phosphoric acid groups is 3. The molecule has 2 aromatic rings. The SMILES string of the molecule is CCCCCCCCCC(=O)Nc1ncnc2c1ncn2[C@@H]1O[C@H](COP(=O)(O)OP(=O)(O)OCC(C)(C)[C@@H](O)C(=O)NCCC(=O)NCCS)[C@@H](OP(=O)(O)O)[C@H]1O. The number of hydrogen-bond donors (Lipinski definition) is 10. The number of carbonyl (C=O) groups is 3. The molecule has 3 rings (SSSR count). The monoisotopic (exact) mass is 921 g/mol. The average Bonchev–Trinajstić information content (AvgIpc) is 3.71. The standard InChI is InChI=1S/C31H54N7O17P3S/c1-4-5-6-7-8-9-10-11-22(40)37-27-23-28(35-18-34-27)38(19-36-23)30-24(41)25(54-56(44,45)46)20(53-30)16-51-57(47,48)55-58(49,50)52-17-31(2,3)26(42)29(43)33-13-12-21(39)32-14-15-59/h18-20,24-26,30,41-42,59H,4-17H2,1-3H3,(H,32,39)(H,33,43)(H,47,48)(H,49,50)(H2,44,45,46)(H,34,35,37,40)/t20-,24-,25-,26+,30-/m1/s1. The lowest BCUT2D eigenvalue weighted by molar-refractivity contribution is -0.137. The van der Waals surface area contributed by atoms with Crippen molar-refractivity contribution in [3.05, 3.63) is 12.7 Å². The number of fused-ring (bicyclic) bond motifs is 1. The highest BCUT2D eigenvalue weighted by Crippen LogP contribution is 2.61. The van der Waals surface area contributed by atoms with Gasteiger partial charge in [0.05, 0.1) is 19.5 Å². The summed E-state index contributed by atoms with van der Waals surface area (Å²) in [5, 5.41) is 29.2. The maximum absolute atomic E-state index is 12.8. The number of hydrogen-bond acceptors (Lipinski definition) is 17. The van der Waals surface area contributed by atoms with E-state index in [1.165, 1.54) is 20.3 Å². The second-order valence-electron chi connectivity index (χ2n) is 14.2. The Balaban J connectivity index is 1.63. The number of amides is 3. The normalized spacial score (nSPS) is 21.1. The Morgan fingerprint density at radius 3 is 2.25 bits per heavy atom. The first-order chi connectivity index (χ1) is 27.6. The van der Waals surface area contributed by atoms with Crippen molar-refractivity contribution in [3.8, 4) is 0 Å². The molecule has 1 aliphatic rings. The van der Waals surface area contributed by atoms with Crippen LogP contribution in [0.1, 0.15) is 84.8 Å². The van der Waals surface area contributed by atoms with Gasteiger partial charge in [0.25, 0.3) is 0 Å². The number of rotatable bonds is 27. The first-order valence-corrected chi connectivity index (χ1v) is 23.8. The second-order valence-corrected chi connectivity index (χ2v) is 18.9. The zero-order chi connectivity index (χ0) is 44.0. The molecule has 0 aromatic carbocycles. The summed E-state index contributed by atoms with van der Waals surface area (Å²) in [4.78, 5) is 88.8. The van der Waals surface area contributed by atoms with Gasteiger partial charge in [-0.15, -0.1) is 0 Å². The molecule has 1 fully saturated rings. The molecule has 0 saturated carbocycles. The van der Waals surface area contributed by atoms with Gasteiger partial charge in [-0.2, -0.15) is 16.9 Å². The van der Waals surface area contributed by atoms with Crippen LogP contribution < -0.4 is 16.0 Å². The Labute approximate surface area is 345 Å². The van der Waals surface area contributed by atoms with E-state index in [1.807, 2.05) is 0 Å². The lowest BCUT2D eigenvalue weighted by Crippen LogP contribution is -2.46. The van der Waals surface area contributed by atoms with Crippen molar-refractivity contribution in [1.82, 2.24) is 30.2 Å². The van der Waals surface area contributed by atoms with E-state index in [9.17, 15) is 57.9 Å². The lowest BCUT2D eigenvalue weighted by Gasteiger charge is -2.30. The fourth-order valence-corrected chi connectivity index (χ4v) is 8.59. The molecule has 7 atom stereocenters. The summed E-state index contributed by atoms with van der Waals surface area (Å²) in [5.41, 5.74) is -1.53. The predicted octanol–water partition coefficient (Wildman–Crippen LogP) is 1.83.